The number of nitrogens with two attached hydrogens (primary N) is 1. The summed E-state index contributed by atoms with van der Waals surface area (Å²) in [6.07, 6.45) is 2.56. The molecular formula is C17H20ClN3OS. The number of piperidine rings is 1. The lowest BCUT2D eigenvalue weighted by atomic mass is 9.99. The van der Waals surface area contributed by atoms with Crippen LogP contribution in [0.15, 0.2) is 23.6 Å². The zero-order valence-corrected chi connectivity index (χ0v) is 14.7. The number of amides is 1. The van der Waals surface area contributed by atoms with E-state index in [2.05, 4.69) is 11.9 Å². The summed E-state index contributed by atoms with van der Waals surface area (Å²) in [5.41, 5.74) is 8.13. The van der Waals surface area contributed by atoms with Gasteiger partial charge in [0.1, 0.15) is 5.01 Å². The van der Waals surface area contributed by atoms with Crippen molar-refractivity contribution in [2.24, 2.45) is 5.92 Å². The average molecular weight is 350 g/mol. The van der Waals surface area contributed by atoms with E-state index in [1.807, 2.05) is 22.4 Å². The van der Waals surface area contributed by atoms with Gasteiger partial charge in [-0.1, -0.05) is 24.6 Å². The van der Waals surface area contributed by atoms with Gasteiger partial charge in [0.2, 0.25) is 5.91 Å². The number of carbonyl (C=O) groups excluding carboxylic acids is 1. The number of halogens is 1. The number of rotatable bonds is 3. The van der Waals surface area contributed by atoms with E-state index in [9.17, 15) is 4.79 Å². The Kier molecular flexibility index (Phi) is 4.87. The first-order valence-electron chi connectivity index (χ1n) is 7.80. The van der Waals surface area contributed by atoms with Crippen LogP contribution >= 0.6 is 22.9 Å². The lowest BCUT2D eigenvalue weighted by molar-refractivity contribution is -0.131. The first kappa shape index (κ1) is 16.3. The Hall–Kier alpha value is -1.59. The van der Waals surface area contributed by atoms with Crippen molar-refractivity contribution in [2.75, 3.05) is 18.8 Å². The molecule has 0 aliphatic carbocycles. The van der Waals surface area contributed by atoms with Crippen LogP contribution in [0.5, 0.6) is 0 Å². The third kappa shape index (κ3) is 3.85. The number of nitrogens with zero attached hydrogens (tertiary/aromatic N) is 2. The normalized spacial score (nSPS) is 15.8. The lowest BCUT2D eigenvalue weighted by Gasteiger charge is -2.30. The third-order valence-corrected chi connectivity index (χ3v) is 5.55. The molecule has 0 spiro atoms. The topological polar surface area (TPSA) is 59.2 Å². The first-order valence-corrected chi connectivity index (χ1v) is 9.06. The molecule has 1 amide bonds. The van der Waals surface area contributed by atoms with E-state index in [0.29, 0.717) is 17.1 Å². The van der Waals surface area contributed by atoms with Gasteiger partial charge in [-0.25, -0.2) is 4.98 Å². The van der Waals surface area contributed by atoms with Gasteiger partial charge in [0, 0.05) is 24.0 Å². The molecule has 23 heavy (non-hydrogen) atoms. The minimum atomic E-state index is 0.171. The molecule has 4 nitrogen and oxygen atoms in total. The standard InChI is InChI=1S/C17H20ClN3OS/c1-11-4-6-21(7-5-11)16(22)9-13-10-23-17(20-13)12-2-3-14(18)15(19)8-12/h2-3,8,10-11H,4-7,9,19H2,1H3. The summed E-state index contributed by atoms with van der Waals surface area (Å²) in [5.74, 6) is 0.893. The summed E-state index contributed by atoms with van der Waals surface area (Å²) in [5, 5.41) is 3.35. The van der Waals surface area contributed by atoms with Gasteiger partial charge in [0.25, 0.3) is 0 Å². The van der Waals surface area contributed by atoms with Gasteiger partial charge < -0.3 is 10.6 Å². The van der Waals surface area contributed by atoms with Crippen molar-refractivity contribution in [3.05, 3.63) is 34.3 Å². The smallest absolute Gasteiger partial charge is 0.228 e. The highest BCUT2D eigenvalue weighted by Gasteiger charge is 2.21. The maximum absolute atomic E-state index is 12.4. The number of benzene rings is 1. The fraction of sp³-hybridized carbons (Fsp3) is 0.412. The van der Waals surface area contributed by atoms with Gasteiger partial charge in [-0.15, -0.1) is 11.3 Å². The molecule has 1 saturated heterocycles. The molecule has 2 N–H and O–H groups in total. The van der Waals surface area contributed by atoms with Crippen LogP contribution < -0.4 is 5.73 Å². The predicted molar refractivity (Wildman–Crippen MR) is 95.7 cm³/mol. The van der Waals surface area contributed by atoms with Gasteiger partial charge >= 0.3 is 0 Å². The van der Waals surface area contributed by atoms with Crippen LogP contribution in [0.4, 0.5) is 5.69 Å². The molecule has 122 valence electrons. The zero-order valence-electron chi connectivity index (χ0n) is 13.1. The Bertz CT molecular complexity index is 708. The van der Waals surface area contributed by atoms with E-state index in [1.54, 1.807) is 6.07 Å². The Balaban J connectivity index is 1.67. The Morgan fingerprint density at radius 1 is 1.43 bits per heavy atom. The van der Waals surface area contributed by atoms with Crippen LogP contribution in [0, 0.1) is 5.92 Å². The molecule has 1 aromatic carbocycles. The van der Waals surface area contributed by atoms with E-state index in [1.165, 1.54) is 11.3 Å². The van der Waals surface area contributed by atoms with Crippen molar-refractivity contribution < 1.29 is 4.79 Å². The van der Waals surface area contributed by atoms with Gasteiger partial charge in [-0.05, 0) is 30.9 Å². The van der Waals surface area contributed by atoms with Gasteiger partial charge in [0.05, 0.1) is 22.8 Å². The molecule has 6 heteroatoms. The Morgan fingerprint density at radius 2 is 2.17 bits per heavy atom. The SMILES string of the molecule is CC1CCN(C(=O)Cc2csc(-c3ccc(Cl)c(N)c3)n2)CC1. The fourth-order valence-electron chi connectivity index (χ4n) is 2.72. The minimum absolute atomic E-state index is 0.171. The molecular weight excluding hydrogens is 330 g/mol. The molecule has 1 aromatic heterocycles. The van der Waals surface area contributed by atoms with Crippen LogP contribution in [0.3, 0.4) is 0 Å². The van der Waals surface area contributed by atoms with E-state index in [0.717, 1.165) is 48.1 Å². The quantitative estimate of drug-likeness (QED) is 0.856. The van der Waals surface area contributed by atoms with Crippen molar-refractivity contribution in [3.63, 3.8) is 0 Å². The van der Waals surface area contributed by atoms with Crippen molar-refractivity contribution in [3.8, 4) is 10.6 Å². The number of hydrogen-bond donors (Lipinski definition) is 1. The summed E-state index contributed by atoms with van der Waals surface area (Å²) in [7, 11) is 0. The van der Waals surface area contributed by atoms with Crippen molar-refractivity contribution in [2.45, 2.75) is 26.2 Å². The number of nitrogen functional groups attached to an aromatic ring is 1. The molecule has 1 fully saturated rings. The minimum Gasteiger partial charge on any atom is -0.398 e. The van der Waals surface area contributed by atoms with E-state index in [4.69, 9.17) is 17.3 Å². The van der Waals surface area contributed by atoms with Crippen LogP contribution in [-0.4, -0.2) is 28.9 Å². The molecule has 0 saturated carbocycles. The predicted octanol–water partition coefficient (Wildman–Crippen LogP) is 3.85. The average Bonchev–Trinajstić information content (AvgIpc) is 2.99. The summed E-state index contributed by atoms with van der Waals surface area (Å²) >= 11 is 7.47. The summed E-state index contributed by atoms with van der Waals surface area (Å²) in [4.78, 5) is 18.9. The van der Waals surface area contributed by atoms with Gasteiger partial charge in [-0.3, -0.25) is 4.79 Å². The highest BCUT2D eigenvalue weighted by atomic mass is 35.5. The van der Waals surface area contributed by atoms with Crippen molar-refractivity contribution >= 4 is 34.5 Å². The van der Waals surface area contributed by atoms with Gasteiger partial charge in [0.15, 0.2) is 0 Å². The number of aromatic nitrogens is 1. The molecule has 1 aliphatic rings. The molecule has 0 atom stereocenters. The second-order valence-electron chi connectivity index (χ2n) is 6.12. The largest absolute Gasteiger partial charge is 0.398 e. The maximum atomic E-state index is 12.4. The summed E-state index contributed by atoms with van der Waals surface area (Å²) in [6, 6.07) is 5.49. The number of anilines is 1. The van der Waals surface area contributed by atoms with Crippen molar-refractivity contribution in [1.82, 2.24) is 9.88 Å². The monoisotopic (exact) mass is 349 g/mol. The van der Waals surface area contributed by atoms with Crippen LogP contribution in [-0.2, 0) is 11.2 Å². The van der Waals surface area contributed by atoms with E-state index in [-0.39, 0.29) is 5.91 Å². The lowest BCUT2D eigenvalue weighted by Crippen LogP contribution is -2.38. The second-order valence-corrected chi connectivity index (χ2v) is 7.39. The molecule has 1 aliphatic heterocycles. The molecule has 0 bridgehead atoms. The van der Waals surface area contributed by atoms with E-state index < -0.39 is 0 Å². The Morgan fingerprint density at radius 3 is 2.87 bits per heavy atom. The van der Waals surface area contributed by atoms with Crippen LogP contribution in [0.25, 0.3) is 10.6 Å². The highest BCUT2D eigenvalue weighted by molar-refractivity contribution is 7.13. The summed E-state index contributed by atoms with van der Waals surface area (Å²) in [6.45, 7) is 3.97. The van der Waals surface area contributed by atoms with Crippen LogP contribution in [0.2, 0.25) is 5.02 Å². The van der Waals surface area contributed by atoms with Gasteiger partial charge in [-0.2, -0.15) is 0 Å². The number of thiazole rings is 1. The van der Waals surface area contributed by atoms with E-state index >= 15 is 0 Å². The zero-order chi connectivity index (χ0) is 16.4. The number of likely N-dealkylation sites (tertiary alicyclic amines) is 1. The Labute approximate surface area is 145 Å². The maximum Gasteiger partial charge on any atom is 0.228 e. The highest BCUT2D eigenvalue weighted by Crippen LogP contribution is 2.29. The number of hydrogen-bond acceptors (Lipinski definition) is 4. The molecule has 2 aromatic rings. The first-order chi connectivity index (χ1) is 11.0. The van der Waals surface area contributed by atoms with Crippen molar-refractivity contribution in [1.29, 1.82) is 0 Å². The summed E-state index contributed by atoms with van der Waals surface area (Å²) < 4.78 is 0. The second kappa shape index (κ2) is 6.89. The molecule has 2 heterocycles. The molecule has 3 rings (SSSR count). The fourth-order valence-corrected chi connectivity index (χ4v) is 3.66. The third-order valence-electron chi connectivity index (χ3n) is 4.26. The molecule has 0 radical (unpaired) electrons. The molecule has 0 unspecified atom stereocenters. The van der Waals surface area contributed by atoms with Crippen LogP contribution in [0.1, 0.15) is 25.5 Å². The number of carbonyl (C=O) groups is 1.